The van der Waals surface area contributed by atoms with Crippen molar-refractivity contribution in [2.45, 2.75) is 19.3 Å². The Hall–Kier alpha value is -0.600. The first-order valence-electron chi connectivity index (χ1n) is 5.52. The van der Waals surface area contributed by atoms with Crippen LogP contribution in [0.15, 0.2) is 57.5 Å². The Morgan fingerprint density at radius 3 is 1.82 bits per heavy atom. The summed E-state index contributed by atoms with van der Waals surface area (Å²) in [5.41, 5.74) is 2.63. The van der Waals surface area contributed by atoms with Crippen LogP contribution in [0.2, 0.25) is 0 Å². The van der Waals surface area contributed by atoms with Gasteiger partial charge in [-0.3, -0.25) is 0 Å². The van der Waals surface area contributed by atoms with Gasteiger partial charge in [0.2, 0.25) is 0 Å². The molecule has 2 rings (SSSR count). The topological polar surface area (TPSA) is 0 Å². The molecule has 0 fully saturated rings. The molecule has 0 aliphatic carbocycles. The monoisotopic (exact) mass is 352 g/mol. The normalized spacial score (nSPS) is 11.5. The van der Waals surface area contributed by atoms with Crippen LogP contribution in [0.4, 0.5) is 0 Å². The fourth-order valence-corrected chi connectivity index (χ4v) is 3.23. The van der Waals surface area contributed by atoms with Crippen molar-refractivity contribution in [3.63, 3.8) is 0 Å². The molecule has 0 radical (unpaired) electrons. The lowest BCUT2D eigenvalue weighted by atomic mass is 9.78. The number of benzene rings is 2. The highest BCUT2D eigenvalue weighted by molar-refractivity contribution is 9.11. The van der Waals surface area contributed by atoms with E-state index in [0.29, 0.717) is 0 Å². The minimum Gasteiger partial charge on any atom is -0.0622 e. The molecule has 2 heteroatoms. The third kappa shape index (κ3) is 2.80. The third-order valence-corrected chi connectivity index (χ3v) is 4.00. The molecule has 2 aromatic carbocycles. The molecular formula is C15H14Br2. The molecule has 0 nitrogen and oxygen atoms in total. The second kappa shape index (κ2) is 4.95. The van der Waals surface area contributed by atoms with Crippen molar-refractivity contribution in [3.05, 3.63) is 68.6 Å². The molecule has 0 atom stereocenters. The van der Waals surface area contributed by atoms with E-state index in [4.69, 9.17) is 0 Å². The molecule has 0 spiro atoms. The SMILES string of the molecule is CC(C)(c1ccccc1)c1cc(Br)cc(Br)c1. The van der Waals surface area contributed by atoms with Gasteiger partial charge in [-0.05, 0) is 29.3 Å². The van der Waals surface area contributed by atoms with Gasteiger partial charge in [0.25, 0.3) is 0 Å². The summed E-state index contributed by atoms with van der Waals surface area (Å²) in [6.07, 6.45) is 0. The molecule has 17 heavy (non-hydrogen) atoms. The van der Waals surface area contributed by atoms with Crippen LogP contribution in [0.1, 0.15) is 25.0 Å². The molecule has 0 heterocycles. The van der Waals surface area contributed by atoms with Crippen molar-refractivity contribution in [2.24, 2.45) is 0 Å². The summed E-state index contributed by atoms with van der Waals surface area (Å²) in [6, 6.07) is 17.0. The van der Waals surface area contributed by atoms with E-state index in [0.717, 1.165) is 8.95 Å². The van der Waals surface area contributed by atoms with Crippen LogP contribution in [0.5, 0.6) is 0 Å². The predicted molar refractivity (Wildman–Crippen MR) is 80.4 cm³/mol. The molecule has 2 aromatic rings. The van der Waals surface area contributed by atoms with Gasteiger partial charge in [0.15, 0.2) is 0 Å². The van der Waals surface area contributed by atoms with Crippen molar-refractivity contribution < 1.29 is 0 Å². The molecule has 0 aliphatic heterocycles. The summed E-state index contributed by atoms with van der Waals surface area (Å²) in [7, 11) is 0. The molecule has 0 amide bonds. The summed E-state index contributed by atoms with van der Waals surface area (Å²) in [6.45, 7) is 4.49. The van der Waals surface area contributed by atoms with Gasteiger partial charge >= 0.3 is 0 Å². The van der Waals surface area contributed by atoms with Gasteiger partial charge < -0.3 is 0 Å². The molecular weight excluding hydrogens is 340 g/mol. The summed E-state index contributed by atoms with van der Waals surface area (Å²) in [5, 5.41) is 0. The molecule has 0 saturated heterocycles. The van der Waals surface area contributed by atoms with E-state index in [1.54, 1.807) is 0 Å². The lowest BCUT2D eigenvalue weighted by Crippen LogP contribution is -2.18. The maximum Gasteiger partial charge on any atom is 0.0189 e. The highest BCUT2D eigenvalue weighted by atomic mass is 79.9. The second-order valence-electron chi connectivity index (χ2n) is 4.65. The van der Waals surface area contributed by atoms with Gasteiger partial charge in [0.1, 0.15) is 0 Å². The average Bonchev–Trinajstić information content (AvgIpc) is 2.29. The number of hydrogen-bond acceptors (Lipinski definition) is 0. The van der Waals surface area contributed by atoms with Crippen LogP contribution in [-0.2, 0) is 5.41 Å². The van der Waals surface area contributed by atoms with Gasteiger partial charge in [-0.15, -0.1) is 0 Å². The highest BCUT2D eigenvalue weighted by Crippen LogP contribution is 2.34. The highest BCUT2D eigenvalue weighted by Gasteiger charge is 2.23. The molecule has 0 bridgehead atoms. The summed E-state index contributed by atoms with van der Waals surface area (Å²) >= 11 is 7.10. The van der Waals surface area contributed by atoms with Crippen molar-refractivity contribution in [1.29, 1.82) is 0 Å². The Kier molecular flexibility index (Phi) is 3.74. The van der Waals surface area contributed by atoms with Crippen molar-refractivity contribution in [1.82, 2.24) is 0 Å². The smallest absolute Gasteiger partial charge is 0.0189 e. The Bertz CT molecular complexity index is 495. The van der Waals surface area contributed by atoms with E-state index in [2.05, 4.69) is 94.2 Å². The van der Waals surface area contributed by atoms with Gasteiger partial charge in [-0.25, -0.2) is 0 Å². The number of hydrogen-bond donors (Lipinski definition) is 0. The molecule has 0 N–H and O–H groups in total. The third-order valence-electron chi connectivity index (χ3n) is 3.08. The maximum atomic E-state index is 3.55. The van der Waals surface area contributed by atoms with Crippen LogP contribution >= 0.6 is 31.9 Å². The molecule has 0 unspecified atom stereocenters. The standard InChI is InChI=1S/C15H14Br2/c1-15(2,11-6-4-3-5-7-11)12-8-13(16)10-14(17)9-12/h3-10H,1-2H3. The average molecular weight is 354 g/mol. The van der Waals surface area contributed by atoms with Crippen molar-refractivity contribution in [2.75, 3.05) is 0 Å². The van der Waals surface area contributed by atoms with Gasteiger partial charge in [-0.1, -0.05) is 76.0 Å². The maximum absolute atomic E-state index is 3.55. The van der Waals surface area contributed by atoms with Crippen LogP contribution in [0.25, 0.3) is 0 Å². The molecule has 0 aromatic heterocycles. The van der Waals surface area contributed by atoms with Crippen molar-refractivity contribution >= 4 is 31.9 Å². The molecule has 0 saturated carbocycles. The first kappa shape index (κ1) is 12.8. The Balaban J connectivity index is 2.51. The van der Waals surface area contributed by atoms with Crippen LogP contribution in [-0.4, -0.2) is 0 Å². The lowest BCUT2D eigenvalue weighted by molar-refractivity contribution is 0.640. The Labute approximate surface area is 119 Å². The zero-order valence-electron chi connectivity index (χ0n) is 9.87. The quantitative estimate of drug-likeness (QED) is 0.665. The van der Waals surface area contributed by atoms with E-state index in [1.807, 2.05) is 0 Å². The van der Waals surface area contributed by atoms with Crippen LogP contribution in [0, 0.1) is 0 Å². The Morgan fingerprint density at radius 1 is 0.765 bits per heavy atom. The largest absolute Gasteiger partial charge is 0.0622 e. The molecule has 88 valence electrons. The second-order valence-corrected chi connectivity index (χ2v) is 6.48. The Morgan fingerprint density at radius 2 is 1.29 bits per heavy atom. The van der Waals surface area contributed by atoms with Crippen LogP contribution < -0.4 is 0 Å². The fraction of sp³-hybridized carbons (Fsp3) is 0.200. The number of rotatable bonds is 2. The zero-order valence-corrected chi connectivity index (χ0v) is 13.0. The molecule has 0 aliphatic rings. The minimum absolute atomic E-state index is 0.00750. The van der Waals surface area contributed by atoms with Crippen LogP contribution in [0.3, 0.4) is 0 Å². The lowest BCUT2D eigenvalue weighted by Gasteiger charge is -2.26. The van der Waals surface area contributed by atoms with E-state index in [-0.39, 0.29) is 5.41 Å². The van der Waals surface area contributed by atoms with E-state index >= 15 is 0 Å². The summed E-state index contributed by atoms with van der Waals surface area (Å²) in [5.74, 6) is 0. The van der Waals surface area contributed by atoms with Gasteiger partial charge in [0, 0.05) is 14.4 Å². The van der Waals surface area contributed by atoms with Gasteiger partial charge in [0.05, 0.1) is 0 Å². The van der Waals surface area contributed by atoms with Crippen molar-refractivity contribution in [3.8, 4) is 0 Å². The summed E-state index contributed by atoms with van der Waals surface area (Å²) < 4.78 is 2.21. The fourth-order valence-electron chi connectivity index (χ4n) is 1.94. The van der Waals surface area contributed by atoms with E-state index in [1.165, 1.54) is 11.1 Å². The zero-order chi connectivity index (χ0) is 12.5. The number of halogens is 2. The summed E-state index contributed by atoms with van der Waals surface area (Å²) in [4.78, 5) is 0. The predicted octanol–water partition coefficient (Wildman–Crippen LogP) is 5.54. The minimum atomic E-state index is 0.00750. The van der Waals surface area contributed by atoms with E-state index < -0.39 is 0 Å². The van der Waals surface area contributed by atoms with Gasteiger partial charge in [-0.2, -0.15) is 0 Å². The first-order valence-corrected chi connectivity index (χ1v) is 7.11. The first-order chi connectivity index (χ1) is 8.00. The van der Waals surface area contributed by atoms with E-state index in [9.17, 15) is 0 Å².